The molecule has 4 heterocycles. The molecule has 6 rings (SSSR count). The molecule has 45 heavy (non-hydrogen) atoms. The number of hydrogen-bond donors (Lipinski definition) is 3. The molecular weight excluding hydrogens is 568 g/mol. The minimum Gasteiger partial charge on any atom is -0.339 e. The highest BCUT2D eigenvalue weighted by atomic mass is 16.2. The molecule has 3 aromatic heterocycles. The fourth-order valence-corrected chi connectivity index (χ4v) is 5.39. The Kier molecular flexibility index (Phi) is 12.5. The number of rotatable bonds is 9. The van der Waals surface area contributed by atoms with E-state index in [1.54, 1.807) is 4.57 Å². The highest BCUT2D eigenvalue weighted by Gasteiger charge is 2.17. The summed E-state index contributed by atoms with van der Waals surface area (Å²) in [6.07, 6.45) is 9.73. The molecule has 0 radical (unpaired) electrons. The predicted molar refractivity (Wildman–Crippen MR) is 175 cm³/mol. The number of nitrogens with zero attached hydrogens (tertiary/aromatic N) is 5. The van der Waals surface area contributed by atoms with E-state index in [9.17, 15) is 4.79 Å². The van der Waals surface area contributed by atoms with Gasteiger partial charge in [0.2, 0.25) is 0 Å². The first-order valence-corrected chi connectivity index (χ1v) is 15.2. The topological polar surface area (TPSA) is 130 Å². The van der Waals surface area contributed by atoms with E-state index >= 15 is 0 Å². The van der Waals surface area contributed by atoms with Crippen molar-refractivity contribution in [1.82, 2.24) is 39.8 Å². The molecule has 1 aliphatic heterocycles. The van der Waals surface area contributed by atoms with Crippen molar-refractivity contribution in [3.8, 4) is 16.9 Å². The summed E-state index contributed by atoms with van der Waals surface area (Å²) in [5.41, 5.74) is 5.52. The van der Waals surface area contributed by atoms with E-state index in [2.05, 4.69) is 68.8 Å². The van der Waals surface area contributed by atoms with Crippen molar-refractivity contribution in [3.63, 3.8) is 0 Å². The Morgan fingerprint density at radius 3 is 2.42 bits per heavy atom. The van der Waals surface area contributed by atoms with Gasteiger partial charge in [0.05, 0.1) is 5.69 Å². The summed E-state index contributed by atoms with van der Waals surface area (Å²) in [7, 11) is 4.16. The van der Waals surface area contributed by atoms with Gasteiger partial charge in [0.15, 0.2) is 0 Å². The second kappa shape index (κ2) is 17.0. The number of H-pyrrole nitrogens is 1. The smallest absolute Gasteiger partial charge is 0.339 e. The molecule has 11 nitrogen and oxygen atoms in total. The molecule has 3 N–H and O–H groups in total. The van der Waals surface area contributed by atoms with Gasteiger partial charge in [-0.2, -0.15) is 19.7 Å². The van der Waals surface area contributed by atoms with Gasteiger partial charge in [-0.3, -0.25) is 9.25 Å². The molecule has 0 unspecified atom stereocenters. The molecule has 5 aromatic rings. The molecule has 2 aromatic carbocycles. The van der Waals surface area contributed by atoms with E-state index in [4.69, 9.17) is 9.59 Å². The molecule has 0 atom stereocenters. The summed E-state index contributed by atoms with van der Waals surface area (Å²) in [6, 6.07) is 21.0. The van der Waals surface area contributed by atoms with Crippen LogP contribution in [0.5, 0.6) is 0 Å². The maximum Gasteiger partial charge on any atom is 0.373 e. The number of carbonyl (C=O) groups excluding carboxylic acids is 2. The lowest BCUT2D eigenvalue weighted by molar-refractivity contribution is -0.191. The van der Waals surface area contributed by atoms with Crippen molar-refractivity contribution in [2.24, 2.45) is 0 Å². The lowest BCUT2D eigenvalue weighted by Crippen LogP contribution is -2.41. The molecule has 1 fully saturated rings. The molecule has 236 valence electrons. The predicted octanol–water partition coefficient (Wildman–Crippen LogP) is 3.78. The standard InChI is InChI=1S/C21H20N4O.C12H22N4.CO2/c1-14-3-7-16(8-4-14)19-11-17-13-25(21(26)24-20(17)23-19)18-9-5-15(6-10-18)12-22-2;1-15(12-4-7-13-8-5-12)9-3-11-16-10-2-6-14-16;2-1-3/h3-11,13,22H,12H2,1-2H3,(H,23,24,26);2,6,10,12-13H,3-5,7-9,11H2,1H3;. The van der Waals surface area contributed by atoms with Crippen LogP contribution in [0.4, 0.5) is 0 Å². The number of aryl methyl sites for hydroxylation is 2. The molecule has 0 amide bonds. The van der Waals surface area contributed by atoms with Gasteiger partial charge < -0.3 is 20.5 Å². The number of fused-ring (bicyclic) bond motifs is 1. The SMILES string of the molecule is CN(CCCn1cccn1)C1CCNCC1.CNCc1ccc(-n2cc3cc(-c4ccc(C)cc4)[nH]c3nc2=O)cc1.O=C=O. The van der Waals surface area contributed by atoms with Gasteiger partial charge in [0, 0.05) is 48.8 Å². The Bertz CT molecular complexity index is 1680. The lowest BCUT2D eigenvalue weighted by Gasteiger charge is -2.31. The average molecular weight is 611 g/mol. The second-order valence-electron chi connectivity index (χ2n) is 11.1. The molecule has 0 bridgehead atoms. The van der Waals surface area contributed by atoms with Crippen molar-refractivity contribution < 1.29 is 9.59 Å². The zero-order valence-corrected chi connectivity index (χ0v) is 26.2. The summed E-state index contributed by atoms with van der Waals surface area (Å²) in [5, 5.41) is 11.6. The largest absolute Gasteiger partial charge is 0.373 e. The third kappa shape index (κ3) is 9.66. The number of piperidine rings is 1. The maximum absolute atomic E-state index is 12.5. The monoisotopic (exact) mass is 610 g/mol. The van der Waals surface area contributed by atoms with Gasteiger partial charge in [-0.15, -0.1) is 0 Å². The maximum atomic E-state index is 12.5. The van der Waals surface area contributed by atoms with Gasteiger partial charge in [-0.1, -0.05) is 42.0 Å². The van der Waals surface area contributed by atoms with Crippen LogP contribution < -0.4 is 16.3 Å². The van der Waals surface area contributed by atoms with E-state index in [-0.39, 0.29) is 11.8 Å². The molecule has 11 heteroatoms. The minimum absolute atomic E-state index is 0.250. The first kappa shape index (κ1) is 33.2. The van der Waals surface area contributed by atoms with Crippen molar-refractivity contribution in [3.05, 3.63) is 101 Å². The van der Waals surface area contributed by atoms with Gasteiger partial charge in [0.1, 0.15) is 5.65 Å². The van der Waals surface area contributed by atoms with Crippen molar-refractivity contribution in [1.29, 1.82) is 0 Å². The van der Waals surface area contributed by atoms with Gasteiger partial charge >= 0.3 is 11.8 Å². The van der Waals surface area contributed by atoms with Crippen LogP contribution in [0.15, 0.2) is 84.0 Å². The van der Waals surface area contributed by atoms with Crippen LogP contribution in [0, 0.1) is 6.92 Å². The van der Waals surface area contributed by atoms with Gasteiger partial charge in [-0.25, -0.2) is 4.79 Å². The van der Waals surface area contributed by atoms with Crippen LogP contribution in [0.2, 0.25) is 0 Å². The summed E-state index contributed by atoms with van der Waals surface area (Å²) in [4.78, 5) is 38.7. The lowest BCUT2D eigenvalue weighted by atomic mass is 10.1. The normalized spacial score (nSPS) is 13.1. The molecule has 1 saturated heterocycles. The average Bonchev–Trinajstić information content (AvgIpc) is 3.73. The fraction of sp³-hybridized carbons (Fsp3) is 0.353. The Hall–Kier alpha value is -4.67. The molecule has 1 aliphatic rings. The van der Waals surface area contributed by atoms with Crippen LogP contribution in [-0.4, -0.2) is 75.1 Å². The van der Waals surface area contributed by atoms with E-state index < -0.39 is 0 Å². The van der Waals surface area contributed by atoms with Gasteiger partial charge in [0.25, 0.3) is 0 Å². The first-order chi connectivity index (χ1) is 21.9. The number of aromatic amines is 1. The number of benzene rings is 2. The summed E-state index contributed by atoms with van der Waals surface area (Å²) in [5.74, 6) is 0. The Morgan fingerprint density at radius 1 is 1.07 bits per heavy atom. The summed E-state index contributed by atoms with van der Waals surface area (Å²) in [6.45, 7) is 7.41. The number of nitrogens with one attached hydrogen (secondary N) is 3. The molecule has 0 spiro atoms. The summed E-state index contributed by atoms with van der Waals surface area (Å²) < 4.78 is 3.59. The Morgan fingerprint density at radius 2 is 1.78 bits per heavy atom. The second-order valence-corrected chi connectivity index (χ2v) is 11.1. The first-order valence-electron chi connectivity index (χ1n) is 15.2. The van der Waals surface area contributed by atoms with Crippen LogP contribution in [-0.2, 0) is 22.7 Å². The van der Waals surface area contributed by atoms with Crippen molar-refractivity contribution in [2.45, 2.75) is 45.3 Å². The zero-order chi connectivity index (χ0) is 32.0. The van der Waals surface area contributed by atoms with Crippen LogP contribution in [0.25, 0.3) is 28.0 Å². The zero-order valence-electron chi connectivity index (χ0n) is 26.2. The van der Waals surface area contributed by atoms with Crippen LogP contribution >= 0.6 is 0 Å². The summed E-state index contributed by atoms with van der Waals surface area (Å²) >= 11 is 0. The number of aromatic nitrogens is 5. The van der Waals surface area contributed by atoms with Crippen molar-refractivity contribution in [2.75, 3.05) is 33.7 Å². The Balaban J connectivity index is 0.000000207. The van der Waals surface area contributed by atoms with E-state index in [1.807, 2.05) is 66.7 Å². The number of hydrogen-bond acceptors (Lipinski definition) is 8. The highest BCUT2D eigenvalue weighted by molar-refractivity contribution is 5.82. The fourth-order valence-electron chi connectivity index (χ4n) is 5.39. The molecule has 0 saturated carbocycles. The van der Waals surface area contributed by atoms with E-state index in [0.29, 0.717) is 5.65 Å². The van der Waals surface area contributed by atoms with Crippen molar-refractivity contribution >= 4 is 17.2 Å². The minimum atomic E-state index is -0.295. The Labute approximate surface area is 263 Å². The van der Waals surface area contributed by atoms with E-state index in [0.717, 1.165) is 41.5 Å². The quantitative estimate of drug-likeness (QED) is 0.230. The van der Waals surface area contributed by atoms with E-state index in [1.165, 1.54) is 50.0 Å². The van der Waals surface area contributed by atoms with Crippen LogP contribution in [0.3, 0.4) is 0 Å². The molecule has 0 aliphatic carbocycles. The van der Waals surface area contributed by atoms with Gasteiger partial charge in [-0.05, 0) is 95.3 Å². The third-order valence-corrected chi connectivity index (χ3v) is 7.86. The molecular formula is C34H42N8O3. The highest BCUT2D eigenvalue weighted by Crippen LogP contribution is 2.23. The third-order valence-electron chi connectivity index (χ3n) is 7.86. The van der Waals surface area contributed by atoms with Crippen LogP contribution in [0.1, 0.15) is 30.4 Å².